The van der Waals surface area contributed by atoms with Crippen molar-refractivity contribution < 1.29 is 28.8 Å². The van der Waals surface area contributed by atoms with Gasteiger partial charge in [0, 0.05) is 56.7 Å². The molecule has 2 nitrogen and oxygen atoms in total. The zero-order chi connectivity index (χ0) is 49.1. The van der Waals surface area contributed by atoms with Crippen LogP contribution in [0, 0.1) is 55.2 Å². The minimum Gasteiger partial charge on any atom is 2.00 e. The summed E-state index contributed by atoms with van der Waals surface area (Å²) in [5.74, 6) is 11.3. The quantitative estimate of drug-likeness (QED) is 0.0477. The van der Waals surface area contributed by atoms with Gasteiger partial charge in [-0.05, 0) is 271 Å². The summed E-state index contributed by atoms with van der Waals surface area (Å²) < 4.78 is 15.0. The first-order chi connectivity index (χ1) is 37.8. The Morgan fingerprint density at radius 3 is 0.487 bits per heavy atom. The predicted molar refractivity (Wildman–Crippen MR) is 307 cm³/mol. The molecule has 33 rings (SSSR count). The summed E-state index contributed by atoms with van der Waals surface area (Å²) in [6.07, 6.45) is 6.69. The van der Waals surface area contributed by atoms with Gasteiger partial charge in [0.1, 0.15) is 0 Å². The molecule has 11 aliphatic rings. The van der Waals surface area contributed by atoms with E-state index in [9.17, 15) is 0 Å². The second kappa shape index (κ2) is 8.41. The normalized spacial score (nSPS) is 28.4. The second-order valence-corrected chi connectivity index (χ2v) is 27.7. The van der Waals surface area contributed by atoms with Crippen LogP contribution in [0.4, 0.5) is 0 Å². The summed E-state index contributed by atoms with van der Waals surface area (Å²) in [6.45, 7) is 23.2. The fraction of sp³-hybridized carbons (Fsp3) is 0.133. The molecule has 22 aromatic carbocycles. The molecule has 1 saturated carbocycles. The van der Waals surface area contributed by atoms with Gasteiger partial charge >= 0.3 is 42.1 Å². The van der Waals surface area contributed by atoms with Crippen LogP contribution >= 0.6 is 0 Å². The van der Waals surface area contributed by atoms with E-state index in [1.165, 1.54) is 0 Å². The van der Waals surface area contributed by atoms with Crippen LogP contribution in [0.15, 0.2) is 30.3 Å². The zero-order valence-corrected chi connectivity index (χ0v) is 43.3. The monoisotopic (exact) mass is 1050 g/mol. The Balaban J connectivity index is 0.000000270. The Hall–Kier alpha value is -7.62. The summed E-state index contributed by atoms with van der Waals surface area (Å²) in [4.78, 5) is 0. The Morgan fingerprint density at radius 1 is 0.244 bits per heavy atom. The van der Waals surface area contributed by atoms with Crippen LogP contribution in [-0.2, 0) is 55.9 Å². The Kier molecular flexibility index (Phi) is 3.85. The molecule has 0 bridgehead atoms. The molecule has 0 spiro atoms. The van der Waals surface area contributed by atoms with Crippen LogP contribution in [-0.4, -0.2) is 0 Å². The Morgan fingerprint density at radius 2 is 0.372 bits per heavy atom. The van der Waals surface area contributed by atoms with Crippen LogP contribution in [0.25, 0.3) is 215 Å². The van der Waals surface area contributed by atoms with Gasteiger partial charge < -0.3 is 6.42 Å². The number of hydrogen-bond acceptors (Lipinski definition) is 0. The van der Waals surface area contributed by atoms with Gasteiger partial charge in [0.05, 0.1) is 0 Å². The Bertz CT molecular complexity index is 5800. The van der Waals surface area contributed by atoms with Crippen molar-refractivity contribution in [3.63, 3.8) is 0 Å². The zero-order valence-electron chi connectivity index (χ0n) is 41.6. The molecule has 0 atom stereocenters. The van der Waals surface area contributed by atoms with Gasteiger partial charge in [0.15, 0.2) is 0 Å². The van der Waals surface area contributed by atoms with Crippen LogP contribution in [0.3, 0.4) is 0 Å². The maximum Gasteiger partial charge on any atom is 2.00 e. The number of benzene rings is 16. The molecule has 22 aromatic rings. The van der Waals surface area contributed by atoms with Gasteiger partial charge in [0.2, 0.25) is 0 Å². The van der Waals surface area contributed by atoms with E-state index in [4.69, 9.17) is 15.7 Å². The van der Waals surface area contributed by atoms with E-state index in [-0.39, 0.29) is 46.6 Å². The summed E-state index contributed by atoms with van der Waals surface area (Å²) in [5, 5.41) is 67.8. The summed E-state index contributed by atoms with van der Waals surface area (Å²) in [5.41, 5.74) is 17.6. The summed E-state index contributed by atoms with van der Waals surface area (Å²) in [7, 11) is 0. The molecule has 0 heterocycles. The molecule has 0 saturated heterocycles. The van der Waals surface area contributed by atoms with Gasteiger partial charge in [-0.25, -0.2) is 0 Å². The average Bonchev–Trinajstić information content (AvgIpc) is 1.41. The van der Waals surface area contributed by atoms with Crippen LogP contribution in [0.2, 0.25) is 0 Å². The molecular weight excluding hydrogens is 1030 g/mol. The van der Waals surface area contributed by atoms with Crippen molar-refractivity contribution in [2.24, 2.45) is 0 Å². The minimum absolute atomic E-state index is 0. The van der Waals surface area contributed by atoms with Gasteiger partial charge in [-0.1, -0.05) is 52.8 Å². The third-order valence-corrected chi connectivity index (χ3v) is 27.2. The fourth-order valence-corrected chi connectivity index (χ4v) is 26.8. The maximum absolute atomic E-state index is 7.50. The molecule has 0 aliphatic heterocycles. The van der Waals surface area contributed by atoms with Gasteiger partial charge in [-0.3, -0.25) is 5.92 Å². The van der Waals surface area contributed by atoms with Crippen molar-refractivity contribution in [1.29, 1.82) is 0 Å². The first kappa shape index (κ1) is 35.7. The number of hydrogen-bond donors (Lipinski definition) is 0. The van der Waals surface area contributed by atoms with E-state index in [0.29, 0.717) is 0 Å². The molecule has 5 radical (unpaired) electrons. The predicted octanol–water partition coefficient (Wildman–Crippen LogP) is 17.2. The molecule has 1 fully saturated rings. The smallest absolute Gasteiger partial charge is 2.00 e. The third-order valence-electron chi connectivity index (χ3n) is 27.2. The molecule has 0 amide bonds. The molecule has 3 heteroatoms. The van der Waals surface area contributed by atoms with Crippen molar-refractivity contribution in [3.8, 4) is 5.92 Å². The van der Waals surface area contributed by atoms with Crippen molar-refractivity contribution in [3.05, 3.63) is 141 Å². The van der Waals surface area contributed by atoms with E-state index in [1.807, 2.05) is 59.9 Å². The molecule has 0 N–H and O–H groups in total. The van der Waals surface area contributed by atoms with Crippen molar-refractivity contribution in [1.82, 2.24) is 0 Å². The average molecular weight is 1050 g/mol. The van der Waals surface area contributed by atoms with Crippen molar-refractivity contribution in [2.45, 2.75) is 61.7 Å². The van der Waals surface area contributed by atoms with Crippen LogP contribution in [0.1, 0.15) is 95.8 Å². The summed E-state index contributed by atoms with van der Waals surface area (Å²) >= 11 is 0. The van der Waals surface area contributed by atoms with E-state index in [1.54, 1.807) is 271 Å². The maximum atomic E-state index is 7.50. The second-order valence-electron chi connectivity index (χ2n) is 27.7. The molecular formula is C75H20O2Ru+. The first-order valence-electron chi connectivity index (χ1n) is 27.8. The third kappa shape index (κ3) is 2.02. The van der Waals surface area contributed by atoms with E-state index < -0.39 is 0 Å². The van der Waals surface area contributed by atoms with E-state index in [0.717, 1.165) is 5.56 Å². The molecule has 78 heavy (non-hydrogen) atoms. The molecule has 11 aliphatic carbocycles. The molecule has 339 valence electrons. The fourth-order valence-electron chi connectivity index (χ4n) is 26.8. The first-order valence-corrected chi connectivity index (χ1v) is 27.8. The van der Waals surface area contributed by atoms with E-state index >= 15 is 0 Å². The van der Waals surface area contributed by atoms with Gasteiger partial charge in [-0.15, -0.1) is 17.7 Å². The molecule has 0 aromatic heterocycles. The topological polar surface area (TPSA) is 39.8 Å². The standard InChI is InChI=1S/C65H15.C8H5.2CO.Ru/c1-61-46-36-26-16-11-6-7-9-10-8(6)13-20-18(11)28(26)38-40-30(20)32-22(13)24-15(10)25-23-14(9)21-19-12(7)17(16)27-29(19)39-41-31(21)33(23)43-45-35(25)34(24)44-42(32)52-50(40)62(2,48(38)46)57-56(61)58-60-59(57)64(52,4)54(44)55(45)65(60,5)53(43)51(41)63(58,3)49(39)47(61)37(27)36;1-2-8-6-4-3-5-7-8;2*1-2;/h1-5H3;3-7H;;;/q;-1;;;+2. The van der Waals surface area contributed by atoms with Crippen LogP contribution < -0.4 is 0 Å². The minimum atomic E-state index is -0.191. The van der Waals surface area contributed by atoms with Crippen LogP contribution in [0.5, 0.6) is 0 Å². The largest absolute Gasteiger partial charge is 2.00 e. The van der Waals surface area contributed by atoms with Gasteiger partial charge in [-0.2, -0.15) is 0 Å². The van der Waals surface area contributed by atoms with Crippen molar-refractivity contribution >= 4 is 215 Å². The van der Waals surface area contributed by atoms with E-state index in [2.05, 4.69) is 53.8 Å². The number of rotatable bonds is 0. The molecule has 0 unspecified atom stereocenters. The Labute approximate surface area is 449 Å². The van der Waals surface area contributed by atoms with Crippen molar-refractivity contribution in [2.75, 3.05) is 0 Å². The SMILES string of the molecule is CC12[C]3[C]4[C]5[C]6[C]3C3(C)c7c1c1c8c2c2c9c%10c(c%11c%12c%13c(c%14c%15c%16c(c3c3c7c7c1c1c%17c8c9c8c9c%10c%12c%10c%12c%13c%15c%13c%15c%16c3c3c7c1c1c(c%178)c(c9%10)c(c%12%13)c1c3%15)C6%14C)C5%11C)C42C.[C-]#Cc1ccccc1.[C-]#[O+].[C-]#[O+].[Ru+2]. The summed E-state index contributed by atoms with van der Waals surface area (Å²) in [6, 6.07) is 9.37. The van der Waals surface area contributed by atoms with Gasteiger partial charge in [0.25, 0.3) is 0 Å².